The number of carbonyl (C=O) groups excluding carboxylic acids is 1. The third kappa shape index (κ3) is 4.53. The van der Waals surface area contributed by atoms with Gasteiger partial charge in [-0.2, -0.15) is 9.78 Å². The first-order chi connectivity index (χ1) is 16.5. The van der Waals surface area contributed by atoms with Gasteiger partial charge in [0.2, 0.25) is 11.9 Å². The van der Waals surface area contributed by atoms with Crippen LogP contribution in [0.2, 0.25) is 0 Å². The Balaban J connectivity index is 1.53. The number of nitrogens with one attached hydrogen (secondary N) is 2. The maximum atomic E-state index is 13.2. The lowest BCUT2D eigenvalue weighted by Gasteiger charge is -2.09. The molecule has 8 nitrogen and oxygen atoms in total. The summed E-state index contributed by atoms with van der Waals surface area (Å²) in [4.78, 5) is 32.4. The van der Waals surface area contributed by atoms with E-state index in [-0.39, 0.29) is 35.5 Å². The van der Waals surface area contributed by atoms with Crippen molar-refractivity contribution in [3.63, 3.8) is 0 Å². The van der Waals surface area contributed by atoms with Crippen LogP contribution in [0.5, 0.6) is 0 Å². The second-order valence-corrected chi connectivity index (χ2v) is 7.48. The molecule has 3 heterocycles. The van der Waals surface area contributed by atoms with Gasteiger partial charge in [-0.1, -0.05) is 42.5 Å². The van der Waals surface area contributed by atoms with Crippen molar-refractivity contribution in [3.8, 4) is 28.7 Å². The van der Waals surface area contributed by atoms with E-state index in [1.54, 1.807) is 30.3 Å². The second-order valence-electron chi connectivity index (χ2n) is 7.48. The number of rotatable bonds is 6. The molecule has 0 atom stereocenters. The summed E-state index contributed by atoms with van der Waals surface area (Å²) in [5.41, 5.74) is 1.93. The molecule has 0 bridgehead atoms. The lowest BCUT2D eigenvalue weighted by molar-refractivity contribution is -0.115. The molecular weight excluding hydrogens is 437 g/mol. The first-order valence-corrected chi connectivity index (χ1v) is 10.4. The molecule has 3 aromatic heterocycles. The smallest absolute Gasteiger partial charge is 0.252 e. The van der Waals surface area contributed by atoms with Crippen molar-refractivity contribution in [2.24, 2.45) is 0 Å². The highest BCUT2D eigenvalue weighted by Gasteiger charge is 2.18. The Morgan fingerprint density at radius 1 is 1.00 bits per heavy atom. The van der Waals surface area contributed by atoms with Gasteiger partial charge in [0, 0.05) is 17.7 Å². The number of aromatic amines is 1. The molecule has 0 radical (unpaired) electrons. The van der Waals surface area contributed by atoms with Crippen LogP contribution in [0, 0.1) is 5.82 Å². The van der Waals surface area contributed by atoms with Crippen LogP contribution in [0.25, 0.3) is 28.7 Å². The van der Waals surface area contributed by atoms with Gasteiger partial charge in [0.15, 0.2) is 5.76 Å². The molecule has 0 fully saturated rings. The third-order valence-corrected chi connectivity index (χ3v) is 5.03. The monoisotopic (exact) mass is 455 g/mol. The minimum absolute atomic E-state index is 0.0234. The van der Waals surface area contributed by atoms with Gasteiger partial charge in [0.1, 0.15) is 17.3 Å². The predicted octanol–water partition coefficient (Wildman–Crippen LogP) is 4.20. The summed E-state index contributed by atoms with van der Waals surface area (Å²) in [6, 6.07) is 21.4. The summed E-state index contributed by atoms with van der Waals surface area (Å²) in [5.74, 6) is 0.168. The molecule has 2 aromatic carbocycles. The summed E-state index contributed by atoms with van der Waals surface area (Å²) >= 11 is 0. The highest BCUT2D eigenvalue weighted by molar-refractivity contribution is 5.92. The number of H-pyrrole nitrogens is 1. The maximum Gasteiger partial charge on any atom is 0.252 e. The number of hydrogen-bond acceptors (Lipinski definition) is 5. The van der Waals surface area contributed by atoms with Crippen molar-refractivity contribution in [1.29, 1.82) is 0 Å². The van der Waals surface area contributed by atoms with Crippen LogP contribution in [0.3, 0.4) is 0 Å². The number of nitrogens with zero attached hydrogens (tertiary/aromatic N) is 3. The fraction of sp³-hybridized carbons (Fsp3) is 0.0400. The molecule has 0 aliphatic heterocycles. The Labute approximate surface area is 192 Å². The van der Waals surface area contributed by atoms with E-state index in [1.807, 2.05) is 30.3 Å². The lowest BCUT2D eigenvalue weighted by atomic mass is 10.1. The number of halogens is 1. The predicted molar refractivity (Wildman–Crippen MR) is 124 cm³/mol. The highest BCUT2D eigenvalue weighted by Crippen LogP contribution is 2.25. The normalized spacial score (nSPS) is 10.9. The molecule has 1 amide bonds. The van der Waals surface area contributed by atoms with Gasteiger partial charge in [0.25, 0.3) is 5.56 Å². The summed E-state index contributed by atoms with van der Waals surface area (Å²) in [5, 5.41) is 7.29. The minimum atomic E-state index is -0.376. The van der Waals surface area contributed by atoms with Crippen molar-refractivity contribution in [2.45, 2.75) is 6.42 Å². The van der Waals surface area contributed by atoms with Crippen LogP contribution in [-0.2, 0) is 11.2 Å². The Bertz CT molecular complexity index is 1490. The number of carbonyl (C=O) groups is 1. The molecule has 2 N–H and O–H groups in total. The average Bonchev–Trinajstić information content (AvgIpc) is 3.51. The zero-order valence-electron chi connectivity index (χ0n) is 17.7. The first kappa shape index (κ1) is 21.1. The van der Waals surface area contributed by atoms with Crippen molar-refractivity contribution >= 4 is 11.7 Å². The van der Waals surface area contributed by atoms with Crippen LogP contribution < -0.4 is 10.9 Å². The SMILES string of the molecule is O=C(Cc1ccc(F)cc1)Nc1cc(-c2ccco2)nn1-c1nc(-c2ccccc2)cc(=O)[nH]1. The average molecular weight is 455 g/mol. The summed E-state index contributed by atoms with van der Waals surface area (Å²) in [6.45, 7) is 0. The van der Waals surface area contributed by atoms with Crippen molar-refractivity contribution < 1.29 is 13.6 Å². The quantitative estimate of drug-likeness (QED) is 0.399. The van der Waals surface area contributed by atoms with Crippen LogP contribution >= 0.6 is 0 Å². The fourth-order valence-electron chi connectivity index (χ4n) is 3.45. The van der Waals surface area contributed by atoms with Crippen molar-refractivity contribution in [3.05, 3.63) is 107 Å². The molecule has 5 rings (SSSR count). The van der Waals surface area contributed by atoms with E-state index in [0.29, 0.717) is 22.7 Å². The van der Waals surface area contributed by atoms with E-state index >= 15 is 0 Å². The number of furan rings is 1. The summed E-state index contributed by atoms with van der Waals surface area (Å²) in [7, 11) is 0. The Hall–Kier alpha value is -4.79. The maximum absolute atomic E-state index is 13.2. The van der Waals surface area contributed by atoms with E-state index in [4.69, 9.17) is 4.42 Å². The van der Waals surface area contributed by atoms with Crippen LogP contribution in [0.4, 0.5) is 10.2 Å². The number of benzene rings is 2. The van der Waals surface area contributed by atoms with Gasteiger partial charge in [-0.05, 0) is 29.8 Å². The zero-order valence-corrected chi connectivity index (χ0v) is 17.7. The summed E-state index contributed by atoms with van der Waals surface area (Å²) < 4.78 is 20.0. The first-order valence-electron chi connectivity index (χ1n) is 10.4. The molecule has 9 heteroatoms. The van der Waals surface area contributed by atoms with Gasteiger partial charge in [0.05, 0.1) is 18.4 Å². The molecule has 0 aliphatic rings. The molecule has 0 aliphatic carbocycles. The molecule has 168 valence electrons. The van der Waals surface area contributed by atoms with Gasteiger partial charge >= 0.3 is 0 Å². The number of hydrogen-bond donors (Lipinski definition) is 2. The van der Waals surface area contributed by atoms with E-state index in [1.165, 1.54) is 29.1 Å². The Kier molecular flexibility index (Phi) is 5.57. The van der Waals surface area contributed by atoms with Crippen molar-refractivity contribution in [1.82, 2.24) is 19.7 Å². The van der Waals surface area contributed by atoms with E-state index in [0.717, 1.165) is 5.56 Å². The largest absolute Gasteiger partial charge is 0.463 e. The molecule has 0 saturated heterocycles. The molecule has 0 saturated carbocycles. The molecule has 5 aromatic rings. The van der Waals surface area contributed by atoms with Crippen molar-refractivity contribution in [2.75, 3.05) is 5.32 Å². The van der Waals surface area contributed by atoms with Crippen LogP contribution in [0.1, 0.15) is 5.56 Å². The minimum Gasteiger partial charge on any atom is -0.463 e. The Morgan fingerprint density at radius 3 is 2.53 bits per heavy atom. The third-order valence-electron chi connectivity index (χ3n) is 5.03. The van der Waals surface area contributed by atoms with Gasteiger partial charge in [-0.15, -0.1) is 0 Å². The zero-order chi connectivity index (χ0) is 23.5. The van der Waals surface area contributed by atoms with E-state index in [2.05, 4.69) is 20.4 Å². The molecular formula is C25H18FN5O3. The standard InChI is InChI=1S/C25H18FN5O3/c26-18-10-8-16(9-11-18)13-23(32)28-22-14-20(21-7-4-12-34-21)30-31(22)25-27-19(15-24(33)29-25)17-5-2-1-3-6-17/h1-12,14-15H,13H2,(H,28,32)(H,27,29,33). The topological polar surface area (TPSA) is 106 Å². The lowest BCUT2D eigenvalue weighted by Crippen LogP contribution is -2.19. The second kappa shape index (κ2) is 8.99. The van der Waals surface area contributed by atoms with Gasteiger partial charge < -0.3 is 9.73 Å². The number of aromatic nitrogens is 4. The van der Waals surface area contributed by atoms with Gasteiger partial charge in [-0.25, -0.2) is 9.37 Å². The molecule has 34 heavy (non-hydrogen) atoms. The fourth-order valence-corrected chi connectivity index (χ4v) is 3.45. The molecule has 0 unspecified atom stereocenters. The van der Waals surface area contributed by atoms with E-state index < -0.39 is 0 Å². The molecule has 0 spiro atoms. The number of anilines is 1. The number of amides is 1. The highest BCUT2D eigenvalue weighted by atomic mass is 19.1. The summed E-state index contributed by atoms with van der Waals surface area (Å²) in [6.07, 6.45) is 1.53. The van der Waals surface area contributed by atoms with Crippen LogP contribution in [-0.4, -0.2) is 25.7 Å². The van der Waals surface area contributed by atoms with Gasteiger partial charge in [-0.3, -0.25) is 14.6 Å². The van der Waals surface area contributed by atoms with E-state index in [9.17, 15) is 14.0 Å². The van der Waals surface area contributed by atoms with Crippen LogP contribution in [0.15, 0.2) is 94.3 Å². The Morgan fingerprint density at radius 2 is 1.79 bits per heavy atom.